The maximum atomic E-state index is 13.4. The van der Waals surface area contributed by atoms with Crippen molar-refractivity contribution in [2.24, 2.45) is 0 Å². The number of halogens is 3. The SMILES string of the molecule is CC(C)O[Si](O)(OC(C)C)c1ccc(-c2cc(F)c(F)c(F)c2)cc1. The monoisotopic (exact) mass is 370 g/mol. The molecule has 3 nitrogen and oxygen atoms in total. The molecule has 7 heteroatoms. The van der Waals surface area contributed by atoms with E-state index in [2.05, 4.69) is 0 Å². The van der Waals surface area contributed by atoms with Gasteiger partial charge in [0.1, 0.15) is 0 Å². The summed E-state index contributed by atoms with van der Waals surface area (Å²) >= 11 is 0. The van der Waals surface area contributed by atoms with Crippen LogP contribution < -0.4 is 5.19 Å². The highest BCUT2D eigenvalue weighted by molar-refractivity contribution is 6.74. The summed E-state index contributed by atoms with van der Waals surface area (Å²) in [5.41, 5.74) is 0.676. The number of benzene rings is 2. The van der Waals surface area contributed by atoms with Gasteiger partial charge in [0, 0.05) is 17.4 Å². The van der Waals surface area contributed by atoms with E-state index in [4.69, 9.17) is 8.85 Å². The predicted octanol–water partition coefficient (Wildman–Crippen LogP) is 3.76. The standard InChI is InChI=1S/C18H21F3O3Si/c1-11(2)23-25(22,24-12(3)4)15-7-5-13(6-8-15)14-9-16(19)18(21)17(20)10-14/h5-12,22H,1-4H3. The Hall–Kier alpha value is -1.67. The molecule has 0 unspecified atom stereocenters. The molecule has 25 heavy (non-hydrogen) atoms. The Morgan fingerprint density at radius 2 is 1.24 bits per heavy atom. The highest BCUT2D eigenvalue weighted by Gasteiger charge is 2.41. The first-order chi connectivity index (χ1) is 11.6. The minimum absolute atomic E-state index is 0.197. The second-order valence-electron chi connectivity index (χ2n) is 6.25. The van der Waals surface area contributed by atoms with Crippen molar-refractivity contribution in [3.8, 4) is 11.1 Å². The summed E-state index contributed by atoms with van der Waals surface area (Å²) < 4.78 is 51.1. The summed E-state index contributed by atoms with van der Waals surface area (Å²) in [5, 5.41) is 0.474. The van der Waals surface area contributed by atoms with Crippen LogP contribution in [0, 0.1) is 17.5 Å². The highest BCUT2D eigenvalue weighted by atomic mass is 28.4. The maximum absolute atomic E-state index is 13.4. The molecule has 0 aromatic heterocycles. The van der Waals surface area contributed by atoms with Crippen LogP contribution in [-0.2, 0) is 8.85 Å². The van der Waals surface area contributed by atoms with Crippen molar-refractivity contribution < 1.29 is 26.8 Å². The molecule has 0 atom stereocenters. The van der Waals surface area contributed by atoms with E-state index in [1.165, 1.54) is 0 Å². The molecule has 2 aromatic carbocycles. The van der Waals surface area contributed by atoms with Gasteiger partial charge in [0.05, 0.1) is 0 Å². The first-order valence-corrected chi connectivity index (χ1v) is 9.72. The van der Waals surface area contributed by atoms with Crippen molar-refractivity contribution in [1.29, 1.82) is 0 Å². The van der Waals surface area contributed by atoms with Gasteiger partial charge in [0.2, 0.25) is 0 Å². The summed E-state index contributed by atoms with van der Waals surface area (Å²) in [6.45, 7) is 7.17. The van der Waals surface area contributed by atoms with Crippen molar-refractivity contribution in [2.45, 2.75) is 39.9 Å². The third kappa shape index (κ3) is 4.69. The van der Waals surface area contributed by atoms with Crippen LogP contribution in [0.2, 0.25) is 0 Å². The van der Waals surface area contributed by atoms with Crippen LogP contribution in [0.3, 0.4) is 0 Å². The van der Waals surface area contributed by atoms with Crippen molar-refractivity contribution in [3.05, 3.63) is 53.8 Å². The van der Waals surface area contributed by atoms with Gasteiger partial charge in [-0.15, -0.1) is 0 Å². The van der Waals surface area contributed by atoms with Gasteiger partial charge in [-0.25, -0.2) is 13.2 Å². The van der Waals surface area contributed by atoms with Gasteiger partial charge >= 0.3 is 8.80 Å². The lowest BCUT2D eigenvalue weighted by Gasteiger charge is -2.28. The lowest BCUT2D eigenvalue weighted by atomic mass is 10.1. The summed E-state index contributed by atoms with van der Waals surface area (Å²) in [6, 6.07) is 8.18. The number of rotatable bonds is 6. The molecule has 0 spiro atoms. The molecule has 0 aliphatic heterocycles. The lowest BCUT2D eigenvalue weighted by Crippen LogP contribution is -2.56. The van der Waals surface area contributed by atoms with E-state index in [1.807, 2.05) is 0 Å². The fourth-order valence-corrected chi connectivity index (χ4v) is 4.59. The third-order valence-corrected chi connectivity index (χ3v) is 6.00. The highest BCUT2D eigenvalue weighted by Crippen LogP contribution is 2.24. The minimum Gasteiger partial charge on any atom is -0.386 e. The van der Waals surface area contributed by atoms with E-state index in [1.54, 1.807) is 52.0 Å². The van der Waals surface area contributed by atoms with Crippen molar-refractivity contribution in [1.82, 2.24) is 0 Å². The first-order valence-electron chi connectivity index (χ1n) is 7.96. The van der Waals surface area contributed by atoms with E-state index in [-0.39, 0.29) is 17.8 Å². The van der Waals surface area contributed by atoms with E-state index >= 15 is 0 Å². The summed E-state index contributed by atoms with van der Waals surface area (Å²) in [7, 11) is -3.61. The van der Waals surface area contributed by atoms with Gasteiger partial charge in [-0.05, 0) is 51.0 Å². The molecule has 0 aliphatic carbocycles. The molecule has 0 saturated carbocycles. The Morgan fingerprint density at radius 3 is 1.64 bits per heavy atom. The molecule has 0 radical (unpaired) electrons. The summed E-state index contributed by atoms with van der Waals surface area (Å²) in [5.74, 6) is -4.01. The zero-order valence-electron chi connectivity index (χ0n) is 14.5. The van der Waals surface area contributed by atoms with Crippen LogP contribution in [-0.4, -0.2) is 25.8 Å². The Balaban J connectivity index is 2.37. The third-order valence-electron chi connectivity index (χ3n) is 3.36. The molecule has 136 valence electrons. The number of hydrogen-bond donors (Lipinski definition) is 1. The molecule has 0 aliphatic rings. The van der Waals surface area contributed by atoms with Gasteiger partial charge < -0.3 is 13.6 Å². The zero-order valence-corrected chi connectivity index (χ0v) is 15.5. The van der Waals surface area contributed by atoms with Crippen molar-refractivity contribution in [3.63, 3.8) is 0 Å². The quantitative estimate of drug-likeness (QED) is 0.622. The average molecular weight is 370 g/mol. The second kappa shape index (κ2) is 7.70. The van der Waals surface area contributed by atoms with Crippen LogP contribution in [0.1, 0.15) is 27.7 Å². The second-order valence-corrected chi connectivity index (χ2v) is 8.46. The molecule has 0 saturated heterocycles. The Kier molecular flexibility index (Phi) is 6.05. The van der Waals surface area contributed by atoms with Gasteiger partial charge in [-0.3, -0.25) is 0 Å². The molecule has 0 fully saturated rings. The smallest absolute Gasteiger partial charge is 0.386 e. The lowest BCUT2D eigenvalue weighted by molar-refractivity contribution is 0.0605. The largest absolute Gasteiger partial charge is 0.534 e. The molecule has 2 rings (SSSR count). The Morgan fingerprint density at radius 1 is 0.800 bits per heavy atom. The van der Waals surface area contributed by atoms with Crippen LogP contribution in [0.5, 0.6) is 0 Å². The maximum Gasteiger partial charge on any atom is 0.534 e. The summed E-state index contributed by atoms with van der Waals surface area (Å²) in [4.78, 5) is 10.8. The van der Waals surface area contributed by atoms with Gasteiger partial charge in [0.25, 0.3) is 0 Å². The van der Waals surface area contributed by atoms with Gasteiger partial charge in [-0.1, -0.05) is 24.3 Å². The summed E-state index contributed by atoms with van der Waals surface area (Å²) in [6.07, 6.45) is -0.481. The molecule has 0 bridgehead atoms. The van der Waals surface area contributed by atoms with Crippen LogP contribution in [0.15, 0.2) is 36.4 Å². The number of hydrogen-bond acceptors (Lipinski definition) is 3. The molecule has 0 amide bonds. The van der Waals surface area contributed by atoms with Crippen molar-refractivity contribution >= 4 is 14.0 Å². The molecular formula is C18H21F3O3Si. The normalized spacial score (nSPS) is 12.2. The van der Waals surface area contributed by atoms with E-state index in [0.29, 0.717) is 10.8 Å². The van der Waals surface area contributed by atoms with E-state index in [0.717, 1.165) is 12.1 Å². The molecule has 0 heterocycles. The fraction of sp³-hybridized carbons (Fsp3) is 0.333. The van der Waals surface area contributed by atoms with E-state index in [9.17, 15) is 18.0 Å². The van der Waals surface area contributed by atoms with Gasteiger partial charge in [-0.2, -0.15) is 0 Å². The Labute approximate surface area is 146 Å². The topological polar surface area (TPSA) is 38.7 Å². The van der Waals surface area contributed by atoms with Gasteiger partial charge in [0.15, 0.2) is 17.5 Å². The van der Waals surface area contributed by atoms with Crippen LogP contribution >= 0.6 is 0 Å². The molecule has 2 aromatic rings. The predicted molar refractivity (Wildman–Crippen MR) is 91.8 cm³/mol. The molecule has 1 N–H and O–H groups in total. The van der Waals surface area contributed by atoms with Crippen LogP contribution in [0.25, 0.3) is 11.1 Å². The minimum atomic E-state index is -3.61. The fourth-order valence-electron chi connectivity index (χ4n) is 2.40. The van der Waals surface area contributed by atoms with Crippen molar-refractivity contribution in [2.75, 3.05) is 0 Å². The first kappa shape index (κ1) is 19.6. The molecular weight excluding hydrogens is 349 g/mol. The Bertz CT molecular complexity index is 700. The van der Waals surface area contributed by atoms with Crippen LogP contribution in [0.4, 0.5) is 13.2 Å². The van der Waals surface area contributed by atoms with E-state index < -0.39 is 26.3 Å². The average Bonchev–Trinajstić information content (AvgIpc) is 2.50. The zero-order chi connectivity index (χ0) is 18.8.